The highest BCUT2D eigenvalue weighted by molar-refractivity contribution is 9.11. The van der Waals surface area contributed by atoms with E-state index in [2.05, 4.69) is 31.0 Å². The molecule has 0 amide bonds. The number of rotatable bonds is 7. The van der Waals surface area contributed by atoms with Gasteiger partial charge in [-0.2, -0.15) is 0 Å². The molecule has 0 saturated heterocycles. The van der Waals surface area contributed by atoms with Crippen LogP contribution in [-0.4, -0.2) is 19.9 Å². The van der Waals surface area contributed by atoms with E-state index in [0.717, 1.165) is 17.0 Å². The number of sulfonamides is 1. The van der Waals surface area contributed by atoms with Crippen molar-refractivity contribution in [2.24, 2.45) is 0 Å². The molecule has 21 heavy (non-hydrogen) atoms. The van der Waals surface area contributed by atoms with Gasteiger partial charge in [0, 0.05) is 30.4 Å². The fourth-order valence-electron chi connectivity index (χ4n) is 1.68. The van der Waals surface area contributed by atoms with E-state index in [1.807, 2.05) is 13.0 Å². The van der Waals surface area contributed by atoms with Crippen LogP contribution in [0.1, 0.15) is 17.4 Å². The summed E-state index contributed by atoms with van der Waals surface area (Å²) < 4.78 is 27.9. The molecule has 0 radical (unpaired) electrons. The minimum Gasteiger partial charge on any atom is -0.312 e. The van der Waals surface area contributed by atoms with Crippen molar-refractivity contribution in [2.45, 2.75) is 24.9 Å². The van der Waals surface area contributed by atoms with E-state index in [1.165, 1.54) is 11.3 Å². The highest BCUT2D eigenvalue weighted by Crippen LogP contribution is 2.31. The van der Waals surface area contributed by atoms with Crippen LogP contribution < -0.4 is 10.0 Å². The van der Waals surface area contributed by atoms with Crippen molar-refractivity contribution in [3.63, 3.8) is 0 Å². The van der Waals surface area contributed by atoms with E-state index >= 15 is 0 Å². The molecule has 0 saturated carbocycles. The second kappa shape index (κ2) is 7.46. The smallest absolute Gasteiger partial charge is 0.242 e. The average molecular weight is 390 g/mol. The lowest BCUT2D eigenvalue weighted by molar-refractivity contribution is 0.581. The summed E-state index contributed by atoms with van der Waals surface area (Å²) in [5, 5.41) is 3.18. The molecule has 0 unspecified atom stereocenters. The van der Waals surface area contributed by atoms with Gasteiger partial charge in [0.15, 0.2) is 0 Å². The van der Waals surface area contributed by atoms with Crippen LogP contribution in [0.2, 0.25) is 0 Å². The van der Waals surface area contributed by atoms with Gasteiger partial charge in [-0.3, -0.25) is 4.98 Å². The molecule has 2 rings (SSSR count). The number of hydrogen-bond donors (Lipinski definition) is 2. The molecule has 0 aliphatic heterocycles. The van der Waals surface area contributed by atoms with Gasteiger partial charge in [-0.1, -0.05) is 13.0 Å². The van der Waals surface area contributed by atoms with E-state index < -0.39 is 10.0 Å². The minimum atomic E-state index is -3.54. The molecule has 0 aliphatic carbocycles. The van der Waals surface area contributed by atoms with Crippen molar-refractivity contribution in [2.75, 3.05) is 6.54 Å². The van der Waals surface area contributed by atoms with Crippen LogP contribution in [0.15, 0.2) is 39.3 Å². The van der Waals surface area contributed by atoms with Crippen molar-refractivity contribution in [3.8, 4) is 0 Å². The molecule has 2 aromatic heterocycles. The van der Waals surface area contributed by atoms with Crippen LogP contribution in [0.25, 0.3) is 0 Å². The van der Waals surface area contributed by atoms with E-state index in [1.54, 1.807) is 24.5 Å². The van der Waals surface area contributed by atoms with E-state index in [-0.39, 0.29) is 11.4 Å². The summed E-state index contributed by atoms with van der Waals surface area (Å²) in [6, 6.07) is 5.30. The highest BCUT2D eigenvalue weighted by Gasteiger charge is 2.20. The number of nitrogens with zero attached hydrogens (tertiary/aromatic N) is 1. The third-order valence-corrected chi connectivity index (χ3v) is 6.39. The van der Waals surface area contributed by atoms with Crippen molar-refractivity contribution >= 4 is 37.3 Å². The Labute approximate surface area is 137 Å². The van der Waals surface area contributed by atoms with E-state index in [0.29, 0.717) is 10.3 Å². The van der Waals surface area contributed by atoms with Crippen LogP contribution >= 0.6 is 27.3 Å². The molecule has 0 spiro atoms. The fraction of sp³-hybridized carbons (Fsp3) is 0.308. The van der Waals surface area contributed by atoms with Gasteiger partial charge in [0.2, 0.25) is 10.0 Å². The zero-order valence-electron chi connectivity index (χ0n) is 11.5. The number of hydrogen-bond acceptors (Lipinski definition) is 5. The second-order valence-electron chi connectivity index (χ2n) is 4.32. The summed E-state index contributed by atoms with van der Waals surface area (Å²) in [6.45, 7) is 3.74. The Morgan fingerprint density at radius 1 is 1.38 bits per heavy atom. The quantitative estimate of drug-likeness (QED) is 0.762. The van der Waals surface area contributed by atoms with Gasteiger partial charge >= 0.3 is 0 Å². The summed E-state index contributed by atoms with van der Waals surface area (Å²) in [6.07, 6.45) is 3.29. The highest BCUT2D eigenvalue weighted by atomic mass is 79.9. The first-order valence-corrected chi connectivity index (χ1v) is 9.49. The number of thiophene rings is 1. The van der Waals surface area contributed by atoms with Crippen molar-refractivity contribution in [3.05, 3.63) is 44.8 Å². The Morgan fingerprint density at radius 3 is 2.86 bits per heavy atom. The molecule has 0 atom stereocenters. The molecule has 114 valence electrons. The standard InChI is InChI=1S/C13H16BrN3O2S2/c1-2-15-9-11-6-12(13(14)20-11)21(18,19)17-8-10-4-3-5-16-7-10/h3-7,15,17H,2,8-9H2,1H3. The van der Waals surface area contributed by atoms with Crippen LogP contribution in [0.3, 0.4) is 0 Å². The zero-order valence-corrected chi connectivity index (χ0v) is 14.7. The largest absolute Gasteiger partial charge is 0.312 e. The lowest BCUT2D eigenvalue weighted by Gasteiger charge is -2.05. The summed E-state index contributed by atoms with van der Waals surface area (Å²) in [7, 11) is -3.54. The van der Waals surface area contributed by atoms with Crippen molar-refractivity contribution in [1.29, 1.82) is 0 Å². The van der Waals surface area contributed by atoms with Crippen LogP contribution in [0.4, 0.5) is 0 Å². The van der Waals surface area contributed by atoms with Gasteiger partial charge in [0.05, 0.1) is 3.79 Å². The normalized spacial score (nSPS) is 11.7. The van der Waals surface area contributed by atoms with Gasteiger partial charge < -0.3 is 5.32 Å². The van der Waals surface area contributed by atoms with Gasteiger partial charge in [-0.15, -0.1) is 11.3 Å². The summed E-state index contributed by atoms with van der Waals surface area (Å²) in [5.74, 6) is 0. The number of aromatic nitrogens is 1. The first kappa shape index (κ1) is 16.6. The lowest BCUT2D eigenvalue weighted by Crippen LogP contribution is -2.23. The summed E-state index contributed by atoms with van der Waals surface area (Å²) >= 11 is 4.76. The molecule has 0 aromatic carbocycles. The second-order valence-corrected chi connectivity index (χ2v) is 8.51. The number of nitrogens with one attached hydrogen (secondary N) is 2. The van der Waals surface area contributed by atoms with Crippen molar-refractivity contribution in [1.82, 2.24) is 15.0 Å². The van der Waals surface area contributed by atoms with Crippen LogP contribution in [0.5, 0.6) is 0 Å². The van der Waals surface area contributed by atoms with Gasteiger partial charge in [0.25, 0.3) is 0 Å². The van der Waals surface area contributed by atoms with E-state index in [9.17, 15) is 8.42 Å². The maximum Gasteiger partial charge on any atom is 0.242 e. The first-order valence-electron chi connectivity index (χ1n) is 6.40. The topological polar surface area (TPSA) is 71.1 Å². The Kier molecular flexibility index (Phi) is 5.88. The molecular formula is C13H16BrN3O2S2. The molecule has 0 aliphatic rings. The SMILES string of the molecule is CCNCc1cc(S(=O)(=O)NCc2cccnc2)c(Br)s1. The number of halogens is 1. The monoisotopic (exact) mass is 389 g/mol. The Bertz CT molecular complexity index is 687. The molecule has 0 bridgehead atoms. The molecule has 2 heterocycles. The van der Waals surface area contributed by atoms with Gasteiger partial charge in [-0.05, 0) is 40.2 Å². The maximum absolute atomic E-state index is 12.3. The van der Waals surface area contributed by atoms with Gasteiger partial charge in [0.1, 0.15) is 4.90 Å². The fourth-order valence-corrected chi connectivity index (χ4v) is 5.34. The molecule has 2 aromatic rings. The van der Waals surface area contributed by atoms with Crippen LogP contribution in [0, 0.1) is 0 Å². The zero-order chi connectivity index (χ0) is 15.3. The Balaban J connectivity index is 2.10. The lowest BCUT2D eigenvalue weighted by atomic mass is 10.3. The number of pyridine rings is 1. The molecule has 0 fully saturated rings. The molecular weight excluding hydrogens is 374 g/mol. The predicted molar refractivity (Wildman–Crippen MR) is 87.7 cm³/mol. The molecule has 8 heteroatoms. The first-order chi connectivity index (χ1) is 10.0. The maximum atomic E-state index is 12.3. The third kappa shape index (κ3) is 4.58. The summed E-state index contributed by atoms with van der Waals surface area (Å²) in [5.41, 5.74) is 0.820. The Hall–Kier alpha value is -0.800. The predicted octanol–water partition coefficient (Wildman–Crippen LogP) is 2.49. The third-order valence-electron chi connectivity index (χ3n) is 2.73. The minimum absolute atomic E-state index is 0.223. The molecule has 5 nitrogen and oxygen atoms in total. The van der Waals surface area contributed by atoms with Crippen LogP contribution in [-0.2, 0) is 23.1 Å². The Morgan fingerprint density at radius 2 is 2.19 bits per heavy atom. The van der Waals surface area contributed by atoms with Crippen molar-refractivity contribution < 1.29 is 8.42 Å². The summed E-state index contributed by atoms with van der Waals surface area (Å²) in [4.78, 5) is 5.22. The average Bonchev–Trinajstić information content (AvgIpc) is 2.86. The van der Waals surface area contributed by atoms with Gasteiger partial charge in [-0.25, -0.2) is 13.1 Å². The molecule has 2 N–H and O–H groups in total. The van der Waals surface area contributed by atoms with E-state index in [4.69, 9.17) is 0 Å².